The predicted octanol–water partition coefficient (Wildman–Crippen LogP) is 6.94. The highest BCUT2D eigenvalue weighted by Crippen LogP contribution is 2.09. The van der Waals surface area contributed by atoms with Gasteiger partial charge in [-0.3, -0.25) is 0 Å². The van der Waals surface area contributed by atoms with Crippen LogP contribution in [0.15, 0.2) is 84.0 Å². The minimum Gasteiger partial charge on any atom is -0.159 e. The summed E-state index contributed by atoms with van der Waals surface area (Å²) in [5, 5.41) is 8.34. The Hall–Kier alpha value is -2.74. The van der Waals surface area contributed by atoms with E-state index in [2.05, 4.69) is 71.9 Å². The van der Waals surface area contributed by atoms with Crippen molar-refractivity contribution in [3.63, 3.8) is 0 Å². The normalized spacial score (nSPS) is 11.3. The predicted molar refractivity (Wildman–Crippen MR) is 124 cm³/mol. The van der Waals surface area contributed by atoms with Crippen LogP contribution in [0, 0.1) is 0 Å². The van der Waals surface area contributed by atoms with E-state index in [0.29, 0.717) is 0 Å². The highest BCUT2D eigenvalue weighted by molar-refractivity contribution is 5.82. The van der Waals surface area contributed by atoms with Gasteiger partial charge in [-0.2, -0.15) is 10.2 Å². The number of nitrogens with zero attached hydrogens (tertiary/aromatic N) is 2. The van der Waals surface area contributed by atoms with Crippen LogP contribution >= 0.6 is 0 Å². The zero-order valence-corrected chi connectivity index (χ0v) is 16.9. The molecular formula is C26H32N2. The van der Waals surface area contributed by atoms with Gasteiger partial charge in [-0.05, 0) is 73.6 Å². The molecule has 0 unspecified atom stereocenters. The Bertz CT molecular complexity index is 685. The fraction of sp³-hybridized carbons (Fsp3) is 0.308. The van der Waals surface area contributed by atoms with Crippen molar-refractivity contribution in [2.45, 2.75) is 51.4 Å². The van der Waals surface area contributed by atoms with Crippen LogP contribution in [0.5, 0.6) is 0 Å². The Morgan fingerprint density at radius 2 is 0.964 bits per heavy atom. The Morgan fingerprint density at radius 1 is 0.571 bits per heavy atom. The molecule has 0 spiro atoms. The zero-order chi connectivity index (χ0) is 19.9. The Kier molecular flexibility index (Phi) is 10.3. The topological polar surface area (TPSA) is 24.7 Å². The second kappa shape index (κ2) is 13.4. The Labute approximate surface area is 170 Å². The van der Waals surface area contributed by atoms with Crippen molar-refractivity contribution < 1.29 is 0 Å². The summed E-state index contributed by atoms with van der Waals surface area (Å²) in [4.78, 5) is 0. The fourth-order valence-electron chi connectivity index (χ4n) is 2.98. The first-order valence-electron chi connectivity index (χ1n) is 10.3. The highest BCUT2D eigenvalue weighted by atomic mass is 15.2. The number of rotatable bonds is 13. The average Bonchev–Trinajstić information content (AvgIpc) is 2.74. The molecule has 0 saturated carbocycles. The largest absolute Gasteiger partial charge is 0.159 e. The molecule has 0 amide bonds. The summed E-state index contributed by atoms with van der Waals surface area (Å²) in [5.74, 6) is 0. The molecule has 0 atom stereocenters. The van der Waals surface area contributed by atoms with E-state index in [9.17, 15) is 0 Å². The number of benzene rings is 2. The summed E-state index contributed by atoms with van der Waals surface area (Å²) in [7, 11) is 0. The van der Waals surface area contributed by atoms with Crippen LogP contribution in [-0.4, -0.2) is 12.4 Å². The molecule has 0 aliphatic carbocycles. The van der Waals surface area contributed by atoms with E-state index in [-0.39, 0.29) is 0 Å². The van der Waals surface area contributed by atoms with E-state index >= 15 is 0 Å². The lowest BCUT2D eigenvalue weighted by Gasteiger charge is -2.01. The van der Waals surface area contributed by atoms with Crippen molar-refractivity contribution in [1.82, 2.24) is 0 Å². The van der Waals surface area contributed by atoms with Crippen molar-refractivity contribution in [2.75, 3.05) is 0 Å². The van der Waals surface area contributed by atoms with Crippen LogP contribution in [0.4, 0.5) is 0 Å². The van der Waals surface area contributed by atoms with Gasteiger partial charge >= 0.3 is 0 Å². The molecule has 0 saturated heterocycles. The summed E-state index contributed by atoms with van der Waals surface area (Å²) in [6.07, 6.45) is 16.8. The minimum absolute atomic E-state index is 1.07. The van der Waals surface area contributed by atoms with Crippen LogP contribution < -0.4 is 0 Å². The first-order chi connectivity index (χ1) is 13.8. The van der Waals surface area contributed by atoms with Gasteiger partial charge in [0.15, 0.2) is 0 Å². The van der Waals surface area contributed by atoms with Crippen LogP contribution in [0.25, 0.3) is 0 Å². The van der Waals surface area contributed by atoms with Crippen LogP contribution in [0.2, 0.25) is 0 Å². The Balaban J connectivity index is 1.76. The third-order valence-corrected chi connectivity index (χ3v) is 4.69. The van der Waals surface area contributed by atoms with E-state index in [0.717, 1.165) is 36.8 Å². The summed E-state index contributed by atoms with van der Waals surface area (Å²) >= 11 is 0. The Morgan fingerprint density at radius 3 is 1.32 bits per heavy atom. The number of hydrogen-bond acceptors (Lipinski definition) is 2. The summed E-state index contributed by atoms with van der Waals surface area (Å²) in [6.45, 7) is 7.53. The van der Waals surface area contributed by atoms with Crippen molar-refractivity contribution in [1.29, 1.82) is 0 Å². The van der Waals surface area contributed by atoms with E-state index in [1.54, 1.807) is 12.4 Å². The van der Waals surface area contributed by atoms with Gasteiger partial charge in [0, 0.05) is 0 Å². The van der Waals surface area contributed by atoms with E-state index in [1.165, 1.54) is 36.8 Å². The molecular weight excluding hydrogens is 340 g/mol. The average molecular weight is 373 g/mol. The second-order valence-corrected chi connectivity index (χ2v) is 7.04. The first-order valence-corrected chi connectivity index (χ1v) is 10.3. The molecule has 0 aliphatic heterocycles. The van der Waals surface area contributed by atoms with E-state index in [1.807, 2.05) is 12.2 Å². The summed E-state index contributed by atoms with van der Waals surface area (Å²) in [6, 6.07) is 17.1. The van der Waals surface area contributed by atoms with Crippen LogP contribution in [0.3, 0.4) is 0 Å². The van der Waals surface area contributed by atoms with Gasteiger partial charge < -0.3 is 0 Å². The first kappa shape index (κ1) is 21.6. The van der Waals surface area contributed by atoms with Gasteiger partial charge in [0.25, 0.3) is 0 Å². The molecule has 2 aromatic rings. The molecule has 0 aromatic heterocycles. The van der Waals surface area contributed by atoms with Gasteiger partial charge in [-0.15, -0.1) is 13.2 Å². The molecule has 0 bridgehead atoms. The third kappa shape index (κ3) is 8.77. The molecule has 2 heteroatoms. The minimum atomic E-state index is 1.07. The molecule has 0 heterocycles. The molecule has 2 aromatic carbocycles. The maximum Gasteiger partial charge on any atom is 0.0568 e. The number of hydrogen-bond donors (Lipinski definition) is 0. The lowest BCUT2D eigenvalue weighted by Crippen LogP contribution is -1.88. The highest BCUT2D eigenvalue weighted by Gasteiger charge is 1.95. The quantitative estimate of drug-likeness (QED) is 0.157. The summed E-state index contributed by atoms with van der Waals surface area (Å²) < 4.78 is 0. The monoisotopic (exact) mass is 372 g/mol. The number of allylic oxidation sites excluding steroid dienone is 2. The number of unbranched alkanes of at least 4 members (excludes halogenated alkanes) is 4. The molecule has 2 nitrogen and oxygen atoms in total. The lowest BCUT2D eigenvalue weighted by atomic mass is 10.1. The maximum atomic E-state index is 4.17. The van der Waals surface area contributed by atoms with Crippen LogP contribution in [0.1, 0.15) is 60.8 Å². The molecule has 146 valence electrons. The smallest absolute Gasteiger partial charge is 0.0568 e. The van der Waals surface area contributed by atoms with Gasteiger partial charge in [-0.25, -0.2) is 0 Å². The van der Waals surface area contributed by atoms with Gasteiger partial charge in [0.2, 0.25) is 0 Å². The van der Waals surface area contributed by atoms with Crippen molar-refractivity contribution in [2.24, 2.45) is 10.2 Å². The zero-order valence-electron chi connectivity index (χ0n) is 16.9. The van der Waals surface area contributed by atoms with E-state index < -0.39 is 0 Å². The van der Waals surface area contributed by atoms with Crippen LogP contribution in [-0.2, 0) is 12.8 Å². The maximum absolute atomic E-state index is 4.17. The second-order valence-electron chi connectivity index (χ2n) is 7.04. The van der Waals surface area contributed by atoms with Crippen molar-refractivity contribution in [3.05, 3.63) is 96.1 Å². The lowest BCUT2D eigenvalue weighted by molar-refractivity contribution is 0.748. The molecule has 2 rings (SSSR count). The standard InChI is InChI=1S/C26H32N2/c1-3-5-7-9-11-23-13-17-25(18-14-23)21-27-28-22-26-19-15-24(16-20-26)12-10-8-6-4-2/h3-4,13-22H,1-2,5-12H2. The molecule has 0 N–H and O–H groups in total. The van der Waals surface area contributed by atoms with Crippen molar-refractivity contribution >= 4 is 12.4 Å². The van der Waals surface area contributed by atoms with Gasteiger partial charge in [-0.1, -0.05) is 60.7 Å². The number of aryl methyl sites for hydroxylation is 2. The molecule has 0 fully saturated rings. The SMILES string of the molecule is C=CCCCCc1ccc(C=NN=Cc2ccc(CCCCC=C)cc2)cc1. The van der Waals surface area contributed by atoms with Crippen molar-refractivity contribution in [3.8, 4) is 0 Å². The third-order valence-electron chi connectivity index (χ3n) is 4.69. The molecule has 0 radical (unpaired) electrons. The molecule has 28 heavy (non-hydrogen) atoms. The fourth-order valence-corrected chi connectivity index (χ4v) is 2.98. The van der Waals surface area contributed by atoms with Gasteiger partial charge in [0.1, 0.15) is 0 Å². The van der Waals surface area contributed by atoms with Gasteiger partial charge in [0.05, 0.1) is 12.4 Å². The van der Waals surface area contributed by atoms with E-state index in [4.69, 9.17) is 0 Å². The molecule has 0 aliphatic rings. The summed E-state index contributed by atoms with van der Waals surface area (Å²) in [5.41, 5.74) is 4.88.